The molecule has 0 saturated carbocycles. The summed E-state index contributed by atoms with van der Waals surface area (Å²) in [6, 6.07) is 9.94. The Hall–Kier alpha value is -2.69. The lowest BCUT2D eigenvalue weighted by Gasteiger charge is -2.08. The van der Waals surface area contributed by atoms with Crippen LogP contribution in [-0.2, 0) is 0 Å². The molecule has 0 bridgehead atoms. The van der Waals surface area contributed by atoms with Crippen molar-refractivity contribution in [3.05, 3.63) is 42.1 Å². The molecule has 0 aliphatic rings. The molecule has 0 aliphatic carbocycles. The second-order valence-corrected chi connectivity index (χ2v) is 4.68. The monoisotopic (exact) mass is 281 g/mol. The lowest BCUT2D eigenvalue weighted by atomic mass is 10.1. The van der Waals surface area contributed by atoms with Crippen LogP contribution in [-0.4, -0.2) is 29.4 Å². The summed E-state index contributed by atoms with van der Waals surface area (Å²) in [5.74, 6) is 0.915. The van der Waals surface area contributed by atoms with Crippen LogP contribution in [0.4, 0.5) is 0 Å². The Morgan fingerprint density at radius 2 is 1.86 bits per heavy atom. The van der Waals surface area contributed by atoms with Gasteiger partial charge in [0, 0.05) is 23.2 Å². The third-order valence-corrected chi connectivity index (χ3v) is 3.35. The first-order valence-electron chi connectivity index (χ1n) is 6.54. The number of methoxy groups -OCH3 is 2. The highest BCUT2D eigenvalue weighted by molar-refractivity contribution is 5.85. The third-order valence-electron chi connectivity index (χ3n) is 3.35. The molecular formula is C16H15N3O2. The number of hydrogen-bond acceptors (Lipinski definition) is 5. The summed E-state index contributed by atoms with van der Waals surface area (Å²) in [5, 5.41) is 9.25. The Labute approximate surface area is 122 Å². The molecule has 0 saturated heterocycles. The fraction of sp³-hybridized carbons (Fsp3) is 0.188. The van der Waals surface area contributed by atoms with Crippen molar-refractivity contribution in [3.63, 3.8) is 0 Å². The Balaban J connectivity index is 2.12. The van der Waals surface area contributed by atoms with E-state index in [0.29, 0.717) is 17.3 Å². The number of aromatic nitrogens is 3. The standard InChI is InChI=1S/C16H15N3O2/c1-10-5-4-6-11-7-12(9-17-15(10)11)13-8-14(20-2)16(21-3)19-18-13/h4-9H,1-3H3. The second-order valence-electron chi connectivity index (χ2n) is 4.68. The maximum absolute atomic E-state index is 5.26. The van der Waals surface area contributed by atoms with Crippen LogP contribution in [0.15, 0.2) is 36.5 Å². The number of nitrogens with zero attached hydrogens (tertiary/aromatic N) is 3. The number of aryl methyl sites for hydroxylation is 1. The first kappa shape index (κ1) is 13.3. The Bertz CT molecular complexity index is 803. The molecule has 3 rings (SSSR count). The van der Waals surface area contributed by atoms with Gasteiger partial charge in [-0.3, -0.25) is 4.98 Å². The van der Waals surface area contributed by atoms with Crippen molar-refractivity contribution >= 4 is 10.9 Å². The van der Waals surface area contributed by atoms with Crippen molar-refractivity contribution < 1.29 is 9.47 Å². The minimum absolute atomic E-state index is 0.367. The van der Waals surface area contributed by atoms with Gasteiger partial charge in [0.1, 0.15) is 0 Å². The van der Waals surface area contributed by atoms with E-state index in [9.17, 15) is 0 Å². The van der Waals surface area contributed by atoms with Gasteiger partial charge in [0.25, 0.3) is 5.88 Å². The summed E-state index contributed by atoms with van der Waals surface area (Å²) in [4.78, 5) is 4.52. The zero-order chi connectivity index (χ0) is 14.8. The van der Waals surface area contributed by atoms with E-state index in [1.165, 1.54) is 7.11 Å². The molecule has 2 aromatic heterocycles. The second kappa shape index (κ2) is 5.36. The SMILES string of the molecule is COc1cc(-c2cnc3c(C)cccc3c2)nnc1OC. The summed E-state index contributed by atoms with van der Waals surface area (Å²) in [5.41, 5.74) is 3.73. The van der Waals surface area contributed by atoms with E-state index < -0.39 is 0 Å². The summed E-state index contributed by atoms with van der Waals surface area (Å²) in [6.07, 6.45) is 1.80. The van der Waals surface area contributed by atoms with Crippen LogP contribution in [0.1, 0.15) is 5.56 Å². The van der Waals surface area contributed by atoms with Crippen LogP contribution in [0, 0.1) is 6.92 Å². The highest BCUT2D eigenvalue weighted by atomic mass is 16.5. The molecular weight excluding hydrogens is 266 g/mol. The number of rotatable bonds is 3. The van der Waals surface area contributed by atoms with Crippen molar-refractivity contribution in [2.45, 2.75) is 6.92 Å². The van der Waals surface area contributed by atoms with Crippen LogP contribution < -0.4 is 9.47 Å². The van der Waals surface area contributed by atoms with Crippen molar-refractivity contribution in [2.24, 2.45) is 0 Å². The van der Waals surface area contributed by atoms with E-state index in [-0.39, 0.29) is 0 Å². The minimum Gasteiger partial charge on any atom is -0.491 e. The normalized spacial score (nSPS) is 10.6. The van der Waals surface area contributed by atoms with Gasteiger partial charge in [-0.15, -0.1) is 10.2 Å². The number of fused-ring (bicyclic) bond motifs is 1. The summed E-state index contributed by atoms with van der Waals surface area (Å²) in [7, 11) is 3.11. The largest absolute Gasteiger partial charge is 0.491 e. The number of hydrogen-bond donors (Lipinski definition) is 0. The maximum atomic E-state index is 5.26. The van der Waals surface area contributed by atoms with Gasteiger partial charge in [-0.2, -0.15) is 0 Å². The topological polar surface area (TPSA) is 57.1 Å². The van der Waals surface area contributed by atoms with E-state index in [2.05, 4.69) is 15.2 Å². The van der Waals surface area contributed by atoms with Gasteiger partial charge < -0.3 is 9.47 Å². The molecule has 0 atom stereocenters. The number of benzene rings is 1. The molecule has 1 aromatic carbocycles. The molecule has 106 valence electrons. The van der Waals surface area contributed by atoms with E-state index in [4.69, 9.17) is 9.47 Å². The smallest absolute Gasteiger partial charge is 0.276 e. The molecule has 0 fully saturated rings. The maximum Gasteiger partial charge on any atom is 0.276 e. The van der Waals surface area contributed by atoms with Gasteiger partial charge >= 0.3 is 0 Å². The van der Waals surface area contributed by atoms with Gasteiger partial charge in [-0.1, -0.05) is 18.2 Å². The molecule has 5 heteroatoms. The first-order valence-corrected chi connectivity index (χ1v) is 6.54. The average molecular weight is 281 g/mol. The van der Waals surface area contributed by atoms with E-state index in [0.717, 1.165) is 22.0 Å². The van der Waals surface area contributed by atoms with Gasteiger partial charge in [-0.25, -0.2) is 0 Å². The van der Waals surface area contributed by atoms with Crippen molar-refractivity contribution in [2.75, 3.05) is 14.2 Å². The number of pyridine rings is 1. The summed E-state index contributed by atoms with van der Waals surface area (Å²) < 4.78 is 10.4. The highest BCUT2D eigenvalue weighted by Crippen LogP contribution is 2.29. The van der Waals surface area contributed by atoms with Crippen LogP contribution in [0.5, 0.6) is 11.6 Å². The molecule has 5 nitrogen and oxygen atoms in total. The fourth-order valence-corrected chi connectivity index (χ4v) is 2.25. The third kappa shape index (κ3) is 2.38. The Kier molecular flexibility index (Phi) is 3.39. The molecule has 0 amide bonds. The van der Waals surface area contributed by atoms with Crippen LogP contribution in [0.3, 0.4) is 0 Å². The number of ether oxygens (including phenoxy) is 2. The molecule has 0 aliphatic heterocycles. The lowest BCUT2D eigenvalue weighted by Crippen LogP contribution is -1.97. The summed E-state index contributed by atoms with van der Waals surface area (Å²) in [6.45, 7) is 2.05. The van der Waals surface area contributed by atoms with Crippen molar-refractivity contribution in [3.8, 4) is 22.9 Å². The molecule has 21 heavy (non-hydrogen) atoms. The quantitative estimate of drug-likeness (QED) is 0.738. The lowest BCUT2D eigenvalue weighted by molar-refractivity contribution is 0.338. The van der Waals surface area contributed by atoms with E-state index in [1.54, 1.807) is 19.4 Å². The van der Waals surface area contributed by atoms with Gasteiger partial charge in [0.05, 0.1) is 25.4 Å². The van der Waals surface area contributed by atoms with Gasteiger partial charge in [0.2, 0.25) is 0 Å². The van der Waals surface area contributed by atoms with Crippen molar-refractivity contribution in [1.82, 2.24) is 15.2 Å². The molecule has 2 heterocycles. The molecule has 0 N–H and O–H groups in total. The zero-order valence-corrected chi connectivity index (χ0v) is 12.1. The zero-order valence-electron chi connectivity index (χ0n) is 12.1. The Morgan fingerprint density at radius 3 is 2.62 bits per heavy atom. The minimum atomic E-state index is 0.367. The highest BCUT2D eigenvalue weighted by Gasteiger charge is 2.10. The van der Waals surface area contributed by atoms with Crippen LogP contribution in [0.2, 0.25) is 0 Å². The molecule has 0 spiro atoms. The van der Waals surface area contributed by atoms with E-state index >= 15 is 0 Å². The predicted octanol–water partition coefficient (Wildman–Crippen LogP) is 3.02. The molecule has 3 aromatic rings. The van der Waals surface area contributed by atoms with Gasteiger partial charge in [0.15, 0.2) is 5.75 Å². The van der Waals surface area contributed by atoms with Crippen LogP contribution >= 0.6 is 0 Å². The van der Waals surface area contributed by atoms with Crippen LogP contribution in [0.25, 0.3) is 22.2 Å². The fourth-order valence-electron chi connectivity index (χ4n) is 2.25. The predicted molar refractivity (Wildman–Crippen MR) is 80.6 cm³/mol. The molecule has 0 unspecified atom stereocenters. The van der Waals surface area contributed by atoms with E-state index in [1.807, 2.05) is 31.2 Å². The van der Waals surface area contributed by atoms with Crippen molar-refractivity contribution in [1.29, 1.82) is 0 Å². The molecule has 0 radical (unpaired) electrons. The average Bonchev–Trinajstić information content (AvgIpc) is 2.54. The number of para-hydroxylation sites is 1. The summed E-state index contributed by atoms with van der Waals surface area (Å²) >= 11 is 0. The first-order chi connectivity index (χ1) is 10.2. The van der Waals surface area contributed by atoms with Gasteiger partial charge in [-0.05, 0) is 18.6 Å². The Morgan fingerprint density at radius 1 is 1.00 bits per heavy atom.